The molecule has 0 spiro atoms. The normalized spacial score (nSPS) is 12.4. The lowest BCUT2D eigenvalue weighted by atomic mass is 10.1. The lowest BCUT2D eigenvalue weighted by Gasteiger charge is -2.17. The molecule has 0 amide bonds. The van der Waals surface area contributed by atoms with E-state index >= 15 is 0 Å². The molecule has 0 aliphatic carbocycles. The van der Waals surface area contributed by atoms with Gasteiger partial charge in [-0.25, -0.2) is 13.1 Å². The summed E-state index contributed by atoms with van der Waals surface area (Å²) in [6.07, 6.45) is 0.449. The summed E-state index contributed by atoms with van der Waals surface area (Å²) in [6, 6.07) is 15.6. The van der Waals surface area contributed by atoms with Crippen LogP contribution in [0.2, 0.25) is 0 Å². The molecule has 2 aromatic rings. The number of hydrogen-bond acceptors (Lipinski definition) is 3. The van der Waals surface area contributed by atoms with Gasteiger partial charge in [0.1, 0.15) is 0 Å². The zero-order chi connectivity index (χ0) is 16.7. The highest BCUT2D eigenvalue weighted by Crippen LogP contribution is 2.12. The van der Waals surface area contributed by atoms with Gasteiger partial charge >= 0.3 is 0 Å². The molecule has 0 radical (unpaired) electrons. The second-order valence-corrected chi connectivity index (χ2v) is 6.95. The molecular weight excluding hydrogens is 312 g/mol. The molecule has 0 saturated carbocycles. The Morgan fingerprint density at radius 3 is 2.39 bits per heavy atom. The first kappa shape index (κ1) is 17.0. The van der Waals surface area contributed by atoms with Crippen molar-refractivity contribution in [2.45, 2.75) is 24.3 Å². The van der Waals surface area contributed by atoms with Gasteiger partial charge in [-0.3, -0.25) is 0 Å². The molecule has 0 heterocycles. The Labute approximate surface area is 135 Å². The molecule has 0 aliphatic rings. The van der Waals surface area contributed by atoms with E-state index in [1.54, 1.807) is 24.3 Å². The highest BCUT2D eigenvalue weighted by atomic mass is 32.2. The number of rotatable bonds is 7. The van der Waals surface area contributed by atoms with Crippen molar-refractivity contribution < 1.29 is 8.42 Å². The van der Waals surface area contributed by atoms with Gasteiger partial charge in [0.2, 0.25) is 10.0 Å². The van der Waals surface area contributed by atoms with Crippen LogP contribution in [0.5, 0.6) is 0 Å². The number of nitrogens with zero attached hydrogens (tertiary/aromatic N) is 3. The van der Waals surface area contributed by atoms with Crippen LogP contribution in [-0.2, 0) is 16.4 Å². The molecule has 0 saturated heterocycles. The van der Waals surface area contributed by atoms with Gasteiger partial charge < -0.3 is 0 Å². The third kappa shape index (κ3) is 5.10. The van der Waals surface area contributed by atoms with E-state index in [2.05, 4.69) is 14.7 Å². The topological polar surface area (TPSA) is 94.9 Å². The molecule has 0 unspecified atom stereocenters. The number of benzene rings is 2. The molecule has 0 fully saturated rings. The van der Waals surface area contributed by atoms with Crippen LogP contribution in [0.15, 0.2) is 64.6 Å². The molecule has 0 aromatic heterocycles. The van der Waals surface area contributed by atoms with E-state index in [1.807, 2.05) is 37.3 Å². The van der Waals surface area contributed by atoms with E-state index in [0.717, 1.165) is 11.1 Å². The number of aryl methyl sites for hydroxylation is 1. The van der Waals surface area contributed by atoms with Gasteiger partial charge in [-0.1, -0.05) is 53.1 Å². The van der Waals surface area contributed by atoms with Crippen molar-refractivity contribution in [1.82, 2.24) is 4.72 Å². The number of hydrogen-bond donors (Lipinski definition) is 1. The summed E-state index contributed by atoms with van der Waals surface area (Å²) < 4.78 is 27.5. The van der Waals surface area contributed by atoms with Crippen LogP contribution in [0.3, 0.4) is 0 Å². The molecule has 120 valence electrons. The quantitative estimate of drug-likeness (QED) is 0.479. The smallest absolute Gasteiger partial charge is 0.208 e. The molecule has 2 aromatic carbocycles. The predicted octanol–water partition coefficient (Wildman–Crippen LogP) is 3.19. The first-order valence-corrected chi connectivity index (χ1v) is 8.63. The second kappa shape index (κ2) is 7.78. The van der Waals surface area contributed by atoms with E-state index in [9.17, 15) is 8.42 Å². The monoisotopic (exact) mass is 330 g/mol. The van der Waals surface area contributed by atoms with Gasteiger partial charge in [0, 0.05) is 17.5 Å². The summed E-state index contributed by atoms with van der Waals surface area (Å²) in [6.45, 7) is 1.94. The van der Waals surface area contributed by atoms with Crippen molar-refractivity contribution in [3.63, 3.8) is 0 Å². The fourth-order valence-corrected chi connectivity index (χ4v) is 3.41. The fraction of sp³-hybridized carbons (Fsp3) is 0.250. The molecule has 1 atom stereocenters. The molecule has 7 heteroatoms. The summed E-state index contributed by atoms with van der Waals surface area (Å²) in [5.41, 5.74) is 10.5. The van der Waals surface area contributed by atoms with Crippen molar-refractivity contribution in [2.75, 3.05) is 6.54 Å². The van der Waals surface area contributed by atoms with Gasteiger partial charge in [-0.15, -0.1) is 0 Å². The largest absolute Gasteiger partial charge is 0.240 e. The van der Waals surface area contributed by atoms with E-state index in [1.165, 1.54) is 0 Å². The average molecular weight is 330 g/mol. The van der Waals surface area contributed by atoms with Crippen LogP contribution < -0.4 is 4.72 Å². The van der Waals surface area contributed by atoms with E-state index in [4.69, 9.17) is 5.53 Å². The van der Waals surface area contributed by atoms with Crippen LogP contribution in [0.25, 0.3) is 10.4 Å². The minimum absolute atomic E-state index is 0.0521. The number of nitrogens with one attached hydrogen (secondary N) is 1. The van der Waals surface area contributed by atoms with Crippen molar-refractivity contribution in [1.29, 1.82) is 0 Å². The SMILES string of the molecule is Cc1ccc(S(=O)(=O)N[C@H](CN=[N+]=[N-])Cc2ccccc2)cc1. The Morgan fingerprint density at radius 1 is 1.13 bits per heavy atom. The summed E-state index contributed by atoms with van der Waals surface area (Å²) in [4.78, 5) is 2.92. The van der Waals surface area contributed by atoms with Crippen LogP contribution >= 0.6 is 0 Å². The Kier molecular flexibility index (Phi) is 5.76. The fourth-order valence-electron chi connectivity index (χ4n) is 2.18. The Morgan fingerprint density at radius 2 is 1.78 bits per heavy atom. The molecule has 0 bridgehead atoms. The van der Waals surface area contributed by atoms with Crippen LogP contribution in [0.4, 0.5) is 0 Å². The summed E-state index contributed by atoms with van der Waals surface area (Å²) >= 11 is 0. The summed E-state index contributed by atoms with van der Waals surface area (Å²) in [5, 5.41) is 3.51. The average Bonchev–Trinajstić information content (AvgIpc) is 2.54. The summed E-state index contributed by atoms with van der Waals surface area (Å²) in [7, 11) is -3.66. The van der Waals surface area contributed by atoms with E-state index < -0.39 is 16.1 Å². The van der Waals surface area contributed by atoms with Crippen molar-refractivity contribution in [2.24, 2.45) is 5.11 Å². The van der Waals surface area contributed by atoms with Crippen molar-refractivity contribution >= 4 is 10.0 Å². The van der Waals surface area contributed by atoms with Gasteiger partial charge in [0.15, 0.2) is 0 Å². The van der Waals surface area contributed by atoms with Crippen LogP contribution in [0.1, 0.15) is 11.1 Å². The maximum absolute atomic E-state index is 12.5. The van der Waals surface area contributed by atoms with Crippen LogP contribution in [0, 0.1) is 6.92 Å². The highest BCUT2D eigenvalue weighted by Gasteiger charge is 2.19. The number of azide groups is 1. The molecule has 23 heavy (non-hydrogen) atoms. The Hall–Kier alpha value is -2.34. The van der Waals surface area contributed by atoms with Gasteiger partial charge in [0.05, 0.1) is 4.90 Å². The Balaban J connectivity index is 2.19. The molecule has 0 aliphatic heterocycles. The van der Waals surface area contributed by atoms with E-state index in [0.29, 0.717) is 6.42 Å². The van der Waals surface area contributed by atoms with Gasteiger partial charge in [-0.2, -0.15) is 0 Å². The molecule has 6 nitrogen and oxygen atoms in total. The second-order valence-electron chi connectivity index (χ2n) is 5.23. The zero-order valence-electron chi connectivity index (χ0n) is 12.8. The minimum atomic E-state index is -3.66. The Bertz CT molecular complexity index is 783. The molecule has 2 rings (SSSR count). The molecular formula is C16H18N4O2S. The van der Waals surface area contributed by atoms with Crippen molar-refractivity contribution in [3.8, 4) is 0 Å². The van der Waals surface area contributed by atoms with Crippen LogP contribution in [-0.4, -0.2) is 21.0 Å². The lowest BCUT2D eigenvalue weighted by Crippen LogP contribution is -2.38. The maximum atomic E-state index is 12.5. The van der Waals surface area contributed by atoms with E-state index in [-0.39, 0.29) is 11.4 Å². The zero-order valence-corrected chi connectivity index (χ0v) is 13.6. The predicted molar refractivity (Wildman–Crippen MR) is 89.4 cm³/mol. The third-order valence-electron chi connectivity index (χ3n) is 3.34. The van der Waals surface area contributed by atoms with Gasteiger partial charge in [0.25, 0.3) is 0 Å². The standard InChI is InChI=1S/C16H18N4O2S/c1-13-7-9-16(10-8-13)23(21,22)19-15(12-18-20-17)11-14-5-3-2-4-6-14/h2-10,15,19H,11-12H2,1H3/t15-/m0/s1. The summed E-state index contributed by atoms with van der Waals surface area (Å²) in [5.74, 6) is 0. The maximum Gasteiger partial charge on any atom is 0.240 e. The first-order chi connectivity index (χ1) is 11.0. The third-order valence-corrected chi connectivity index (χ3v) is 4.88. The highest BCUT2D eigenvalue weighted by molar-refractivity contribution is 7.89. The first-order valence-electron chi connectivity index (χ1n) is 7.15. The minimum Gasteiger partial charge on any atom is -0.208 e. The van der Waals surface area contributed by atoms with Gasteiger partial charge in [-0.05, 0) is 36.6 Å². The lowest BCUT2D eigenvalue weighted by molar-refractivity contribution is 0.547. The molecule has 1 N–H and O–H groups in total. The number of sulfonamides is 1. The van der Waals surface area contributed by atoms with Crippen molar-refractivity contribution in [3.05, 3.63) is 76.2 Å².